The standard InChI is InChI=1S/C11H20O2/c1-4-6-7-8-9-10(3)13-11(12)5-2/h3-9H2,1-2H3. The van der Waals surface area contributed by atoms with Crippen molar-refractivity contribution in [1.29, 1.82) is 0 Å². The number of hydrogen-bond acceptors (Lipinski definition) is 2. The monoisotopic (exact) mass is 184 g/mol. The summed E-state index contributed by atoms with van der Waals surface area (Å²) in [6, 6.07) is 0. The van der Waals surface area contributed by atoms with Crippen molar-refractivity contribution in [2.45, 2.75) is 52.4 Å². The van der Waals surface area contributed by atoms with Crippen LogP contribution >= 0.6 is 0 Å². The molecule has 0 aliphatic heterocycles. The normalized spacial score (nSPS) is 9.69. The average molecular weight is 184 g/mol. The summed E-state index contributed by atoms with van der Waals surface area (Å²) in [5, 5.41) is 0. The summed E-state index contributed by atoms with van der Waals surface area (Å²) >= 11 is 0. The van der Waals surface area contributed by atoms with Crippen molar-refractivity contribution >= 4 is 5.97 Å². The SMILES string of the molecule is C=C(CCCCCC)OC(=O)CC. The average Bonchev–Trinajstić information content (AvgIpc) is 2.12. The zero-order valence-corrected chi connectivity index (χ0v) is 8.77. The molecule has 2 heteroatoms. The molecule has 0 aromatic rings. The maximum absolute atomic E-state index is 10.8. The van der Waals surface area contributed by atoms with Crippen LogP contribution in [0.1, 0.15) is 52.4 Å². The molecule has 0 fully saturated rings. The Balaban J connectivity index is 3.35. The first-order valence-electron chi connectivity index (χ1n) is 5.09. The van der Waals surface area contributed by atoms with E-state index in [0.717, 1.165) is 12.8 Å². The summed E-state index contributed by atoms with van der Waals surface area (Å²) in [7, 11) is 0. The van der Waals surface area contributed by atoms with Gasteiger partial charge in [0.05, 0.1) is 0 Å². The Morgan fingerprint density at radius 3 is 2.46 bits per heavy atom. The zero-order valence-electron chi connectivity index (χ0n) is 8.77. The quantitative estimate of drug-likeness (QED) is 0.344. The number of ether oxygens (including phenoxy) is 1. The van der Waals surface area contributed by atoms with Crippen LogP contribution in [-0.4, -0.2) is 5.97 Å². The van der Waals surface area contributed by atoms with Crippen LogP contribution in [0, 0.1) is 0 Å². The molecule has 0 heterocycles. The first-order valence-corrected chi connectivity index (χ1v) is 5.09. The van der Waals surface area contributed by atoms with Gasteiger partial charge >= 0.3 is 5.97 Å². The van der Waals surface area contributed by atoms with E-state index in [2.05, 4.69) is 13.5 Å². The minimum absolute atomic E-state index is 0.180. The number of unbranched alkanes of at least 4 members (excludes halogenated alkanes) is 3. The lowest BCUT2D eigenvalue weighted by molar-refractivity contribution is -0.139. The first-order chi connectivity index (χ1) is 6.20. The molecule has 2 nitrogen and oxygen atoms in total. The van der Waals surface area contributed by atoms with E-state index in [0.29, 0.717) is 12.2 Å². The van der Waals surface area contributed by atoms with E-state index in [9.17, 15) is 4.79 Å². The van der Waals surface area contributed by atoms with Gasteiger partial charge in [-0.2, -0.15) is 0 Å². The molecular weight excluding hydrogens is 164 g/mol. The molecule has 0 bridgehead atoms. The van der Waals surface area contributed by atoms with Crippen LogP contribution in [-0.2, 0) is 9.53 Å². The highest BCUT2D eigenvalue weighted by Gasteiger charge is 2.01. The second kappa shape index (κ2) is 7.84. The highest BCUT2D eigenvalue weighted by molar-refractivity contribution is 5.69. The number of allylic oxidation sites excluding steroid dienone is 1. The van der Waals surface area contributed by atoms with Crippen molar-refractivity contribution in [3.63, 3.8) is 0 Å². The second-order valence-electron chi connectivity index (χ2n) is 3.18. The lowest BCUT2D eigenvalue weighted by Crippen LogP contribution is -2.01. The molecule has 0 radical (unpaired) electrons. The van der Waals surface area contributed by atoms with E-state index in [1.165, 1.54) is 19.3 Å². The smallest absolute Gasteiger partial charge is 0.310 e. The molecule has 0 unspecified atom stereocenters. The van der Waals surface area contributed by atoms with Crippen LogP contribution < -0.4 is 0 Å². The molecule has 0 amide bonds. The Hall–Kier alpha value is -0.790. The van der Waals surface area contributed by atoms with Gasteiger partial charge in [-0.3, -0.25) is 4.79 Å². The van der Waals surface area contributed by atoms with Crippen LogP contribution in [0.25, 0.3) is 0 Å². The van der Waals surface area contributed by atoms with Crippen LogP contribution in [0.5, 0.6) is 0 Å². The lowest BCUT2D eigenvalue weighted by atomic mass is 10.1. The minimum atomic E-state index is -0.180. The van der Waals surface area contributed by atoms with Gasteiger partial charge < -0.3 is 4.74 Å². The van der Waals surface area contributed by atoms with E-state index in [1.54, 1.807) is 6.92 Å². The fraction of sp³-hybridized carbons (Fsp3) is 0.727. The van der Waals surface area contributed by atoms with Crippen molar-refractivity contribution < 1.29 is 9.53 Å². The molecular formula is C11H20O2. The Bertz CT molecular complexity index is 161. The molecule has 0 aliphatic rings. The molecule has 0 atom stereocenters. The van der Waals surface area contributed by atoms with Crippen molar-refractivity contribution in [3.05, 3.63) is 12.3 Å². The van der Waals surface area contributed by atoms with E-state index < -0.39 is 0 Å². The van der Waals surface area contributed by atoms with Gasteiger partial charge in [0, 0.05) is 12.8 Å². The van der Waals surface area contributed by atoms with Gasteiger partial charge in [0.2, 0.25) is 0 Å². The molecule has 0 aromatic heterocycles. The van der Waals surface area contributed by atoms with Crippen LogP contribution in [0.15, 0.2) is 12.3 Å². The van der Waals surface area contributed by atoms with Crippen LogP contribution in [0.2, 0.25) is 0 Å². The summed E-state index contributed by atoms with van der Waals surface area (Å²) in [5.74, 6) is 0.434. The van der Waals surface area contributed by atoms with Crippen molar-refractivity contribution in [2.24, 2.45) is 0 Å². The molecule has 0 aromatic carbocycles. The Morgan fingerprint density at radius 2 is 1.92 bits per heavy atom. The summed E-state index contributed by atoms with van der Waals surface area (Å²) < 4.78 is 4.95. The second-order valence-corrected chi connectivity index (χ2v) is 3.18. The number of hydrogen-bond donors (Lipinski definition) is 0. The van der Waals surface area contributed by atoms with E-state index in [1.807, 2.05) is 0 Å². The maximum atomic E-state index is 10.8. The number of esters is 1. The Kier molecular flexibility index (Phi) is 7.36. The minimum Gasteiger partial charge on any atom is -0.432 e. The Labute approximate surface area is 81.0 Å². The van der Waals surface area contributed by atoms with Crippen molar-refractivity contribution in [1.82, 2.24) is 0 Å². The molecule has 13 heavy (non-hydrogen) atoms. The third-order valence-corrected chi connectivity index (χ3v) is 1.86. The fourth-order valence-electron chi connectivity index (χ4n) is 1.03. The number of rotatable bonds is 7. The zero-order chi connectivity index (χ0) is 10.1. The predicted molar refractivity (Wildman–Crippen MR) is 54.3 cm³/mol. The van der Waals surface area contributed by atoms with E-state index >= 15 is 0 Å². The van der Waals surface area contributed by atoms with Gasteiger partial charge in [0.25, 0.3) is 0 Å². The van der Waals surface area contributed by atoms with Crippen molar-refractivity contribution in [2.75, 3.05) is 0 Å². The molecule has 0 rings (SSSR count). The highest BCUT2D eigenvalue weighted by atomic mass is 16.5. The molecule has 0 saturated carbocycles. The maximum Gasteiger partial charge on any atom is 0.310 e. The predicted octanol–water partition coefficient (Wildman–Crippen LogP) is 3.42. The molecule has 0 saturated heterocycles. The van der Waals surface area contributed by atoms with Gasteiger partial charge in [0.1, 0.15) is 5.76 Å². The van der Waals surface area contributed by atoms with Gasteiger partial charge in [-0.25, -0.2) is 0 Å². The summed E-state index contributed by atoms with van der Waals surface area (Å²) in [4.78, 5) is 10.8. The summed E-state index contributed by atoms with van der Waals surface area (Å²) in [6.07, 6.45) is 5.97. The van der Waals surface area contributed by atoms with E-state index in [4.69, 9.17) is 4.74 Å². The van der Waals surface area contributed by atoms with Gasteiger partial charge in [-0.1, -0.05) is 39.7 Å². The highest BCUT2D eigenvalue weighted by Crippen LogP contribution is 2.10. The topological polar surface area (TPSA) is 26.3 Å². The molecule has 76 valence electrons. The van der Waals surface area contributed by atoms with E-state index in [-0.39, 0.29) is 5.97 Å². The third-order valence-electron chi connectivity index (χ3n) is 1.86. The number of carbonyl (C=O) groups is 1. The molecule has 0 spiro atoms. The molecule has 0 N–H and O–H groups in total. The van der Waals surface area contributed by atoms with Crippen LogP contribution in [0.4, 0.5) is 0 Å². The largest absolute Gasteiger partial charge is 0.432 e. The van der Waals surface area contributed by atoms with Gasteiger partial charge in [0.15, 0.2) is 0 Å². The first kappa shape index (κ1) is 12.2. The van der Waals surface area contributed by atoms with Crippen LogP contribution in [0.3, 0.4) is 0 Å². The van der Waals surface area contributed by atoms with Crippen molar-refractivity contribution in [3.8, 4) is 0 Å². The molecule has 0 aliphatic carbocycles. The Morgan fingerprint density at radius 1 is 1.23 bits per heavy atom. The third kappa shape index (κ3) is 7.57. The fourth-order valence-corrected chi connectivity index (χ4v) is 1.03. The lowest BCUT2D eigenvalue weighted by Gasteiger charge is -2.05. The van der Waals surface area contributed by atoms with Gasteiger partial charge in [-0.05, 0) is 6.42 Å². The van der Waals surface area contributed by atoms with Gasteiger partial charge in [-0.15, -0.1) is 0 Å². The number of carbonyl (C=O) groups excluding carboxylic acids is 1. The summed E-state index contributed by atoms with van der Waals surface area (Å²) in [5.41, 5.74) is 0. The summed E-state index contributed by atoms with van der Waals surface area (Å²) in [6.45, 7) is 7.65.